The van der Waals surface area contributed by atoms with Crippen molar-refractivity contribution in [1.29, 1.82) is 0 Å². The van der Waals surface area contributed by atoms with E-state index in [1.165, 1.54) is 0 Å². The molecule has 8 heteroatoms. The lowest BCUT2D eigenvalue weighted by atomic mass is 9.99. The molecule has 0 bridgehead atoms. The summed E-state index contributed by atoms with van der Waals surface area (Å²) in [6.07, 6.45) is 5.10. The van der Waals surface area contributed by atoms with Gasteiger partial charge in [-0.3, -0.25) is 4.98 Å². The summed E-state index contributed by atoms with van der Waals surface area (Å²) < 4.78 is 34.4. The Labute approximate surface area is 201 Å². The highest BCUT2D eigenvalue weighted by atomic mass is 32.2. The van der Waals surface area contributed by atoms with Gasteiger partial charge in [0.15, 0.2) is 0 Å². The minimum Gasteiger partial charge on any atom is -0.445 e. The second-order valence-corrected chi connectivity index (χ2v) is 10.7. The summed E-state index contributed by atoms with van der Waals surface area (Å²) in [6.45, 7) is 5.14. The number of benzene rings is 2. The van der Waals surface area contributed by atoms with Gasteiger partial charge in [-0.1, -0.05) is 49.4 Å². The number of carbonyl (C=O) groups excluding carboxylic acids is 1. The number of hydrogen-bond donors (Lipinski definition) is 1. The average molecular weight is 482 g/mol. The number of aryl methyl sites for hydroxylation is 1. The Morgan fingerprint density at radius 2 is 1.94 bits per heavy atom. The second kappa shape index (κ2) is 10.5. The van der Waals surface area contributed by atoms with E-state index in [1.807, 2.05) is 43.3 Å². The SMILES string of the molecule is Cc1cncc2cccc(S(=O)(=O)N3CCC(C)C3CCCNC(=O)OCc3ccccc3)c12. The first kappa shape index (κ1) is 24.2. The maximum Gasteiger partial charge on any atom is 0.407 e. The van der Waals surface area contributed by atoms with Crippen molar-refractivity contribution in [3.63, 3.8) is 0 Å². The minimum atomic E-state index is -3.67. The van der Waals surface area contributed by atoms with E-state index < -0.39 is 16.1 Å². The third kappa shape index (κ3) is 5.23. The molecule has 0 aliphatic carbocycles. The smallest absolute Gasteiger partial charge is 0.407 e. The maximum atomic E-state index is 13.7. The molecule has 34 heavy (non-hydrogen) atoms. The molecule has 1 aromatic heterocycles. The van der Waals surface area contributed by atoms with E-state index in [2.05, 4.69) is 17.2 Å². The Kier molecular flexibility index (Phi) is 7.48. The fraction of sp³-hybridized carbons (Fsp3) is 0.385. The van der Waals surface area contributed by atoms with Gasteiger partial charge in [0, 0.05) is 42.3 Å². The Morgan fingerprint density at radius 1 is 1.15 bits per heavy atom. The van der Waals surface area contributed by atoms with E-state index in [9.17, 15) is 13.2 Å². The van der Waals surface area contributed by atoms with Crippen LogP contribution in [0.1, 0.15) is 37.3 Å². The first-order valence-electron chi connectivity index (χ1n) is 11.7. The standard InChI is InChI=1S/C26H31N3O4S/c1-19-13-15-29(34(31,32)24-12-6-10-22-17-27-16-20(2)25(22)24)23(19)11-7-14-28-26(30)33-18-21-8-4-3-5-9-21/h3-6,8-10,12,16-17,19,23H,7,11,13-15,18H2,1-2H3,(H,28,30). The van der Waals surface area contributed by atoms with Crippen LogP contribution in [-0.2, 0) is 21.4 Å². The predicted molar refractivity (Wildman–Crippen MR) is 132 cm³/mol. The summed E-state index contributed by atoms with van der Waals surface area (Å²) in [7, 11) is -3.67. The summed E-state index contributed by atoms with van der Waals surface area (Å²) >= 11 is 0. The van der Waals surface area contributed by atoms with Gasteiger partial charge in [-0.15, -0.1) is 0 Å². The van der Waals surface area contributed by atoms with E-state index in [4.69, 9.17) is 4.74 Å². The zero-order chi connectivity index (χ0) is 24.1. The molecule has 1 aliphatic rings. The molecule has 3 aromatic rings. The molecule has 180 valence electrons. The zero-order valence-electron chi connectivity index (χ0n) is 19.6. The van der Waals surface area contributed by atoms with Crippen molar-refractivity contribution in [3.8, 4) is 0 Å². The van der Waals surface area contributed by atoms with Gasteiger partial charge in [-0.2, -0.15) is 4.31 Å². The van der Waals surface area contributed by atoms with Crippen LogP contribution in [0.5, 0.6) is 0 Å². The van der Waals surface area contributed by atoms with Crippen LogP contribution >= 0.6 is 0 Å². The van der Waals surface area contributed by atoms with Gasteiger partial charge < -0.3 is 10.1 Å². The molecule has 0 radical (unpaired) electrons. The average Bonchev–Trinajstić information content (AvgIpc) is 3.22. The Morgan fingerprint density at radius 3 is 2.74 bits per heavy atom. The molecular weight excluding hydrogens is 450 g/mol. The van der Waals surface area contributed by atoms with Crippen molar-refractivity contribution in [2.24, 2.45) is 5.92 Å². The maximum absolute atomic E-state index is 13.7. The number of sulfonamides is 1. The van der Waals surface area contributed by atoms with E-state index in [0.29, 0.717) is 30.8 Å². The summed E-state index contributed by atoms with van der Waals surface area (Å²) in [6, 6.07) is 14.8. The van der Waals surface area contributed by atoms with Gasteiger partial charge in [0.25, 0.3) is 0 Å². The van der Waals surface area contributed by atoms with Crippen molar-refractivity contribution in [2.45, 2.75) is 50.7 Å². The second-order valence-electron chi connectivity index (χ2n) is 8.89. The molecule has 1 aliphatic heterocycles. The quantitative estimate of drug-likeness (QED) is 0.473. The molecule has 0 spiro atoms. The van der Waals surface area contributed by atoms with Gasteiger partial charge in [0.05, 0.1) is 4.90 Å². The normalized spacial score (nSPS) is 18.8. The number of fused-ring (bicyclic) bond motifs is 1. The lowest BCUT2D eigenvalue weighted by molar-refractivity contribution is 0.139. The van der Waals surface area contributed by atoms with Crippen LogP contribution in [0, 0.1) is 12.8 Å². The highest BCUT2D eigenvalue weighted by Gasteiger charge is 2.39. The lowest BCUT2D eigenvalue weighted by Gasteiger charge is -2.27. The molecule has 1 amide bonds. The van der Waals surface area contributed by atoms with Gasteiger partial charge in [-0.25, -0.2) is 13.2 Å². The molecule has 4 rings (SSSR count). The number of carbonyl (C=O) groups is 1. The summed E-state index contributed by atoms with van der Waals surface area (Å²) in [4.78, 5) is 16.5. The van der Waals surface area contributed by atoms with Gasteiger partial charge in [-0.05, 0) is 49.3 Å². The van der Waals surface area contributed by atoms with Gasteiger partial charge in [0.2, 0.25) is 10.0 Å². The molecule has 7 nitrogen and oxygen atoms in total. The third-order valence-electron chi connectivity index (χ3n) is 6.51. The molecule has 1 saturated heterocycles. The molecule has 1 fully saturated rings. The third-order valence-corrected chi connectivity index (χ3v) is 8.48. The van der Waals surface area contributed by atoms with Crippen LogP contribution in [0.3, 0.4) is 0 Å². The number of amides is 1. The van der Waals surface area contributed by atoms with Crippen LogP contribution in [0.15, 0.2) is 65.8 Å². The Bertz CT molecular complexity index is 1240. The summed E-state index contributed by atoms with van der Waals surface area (Å²) in [5.41, 5.74) is 1.77. The number of pyridine rings is 1. The molecule has 2 heterocycles. The van der Waals surface area contributed by atoms with Crippen molar-refractivity contribution >= 4 is 26.9 Å². The van der Waals surface area contributed by atoms with Crippen LogP contribution in [0.25, 0.3) is 10.8 Å². The van der Waals surface area contributed by atoms with E-state index >= 15 is 0 Å². The van der Waals surface area contributed by atoms with Crippen LogP contribution in [-0.4, -0.2) is 42.9 Å². The topological polar surface area (TPSA) is 88.6 Å². The Balaban J connectivity index is 1.38. The van der Waals surface area contributed by atoms with Crippen molar-refractivity contribution in [2.75, 3.05) is 13.1 Å². The van der Waals surface area contributed by atoms with Crippen LogP contribution in [0.2, 0.25) is 0 Å². The van der Waals surface area contributed by atoms with Gasteiger partial charge >= 0.3 is 6.09 Å². The number of nitrogens with zero attached hydrogens (tertiary/aromatic N) is 2. The van der Waals surface area contributed by atoms with Crippen LogP contribution in [0.4, 0.5) is 4.79 Å². The zero-order valence-corrected chi connectivity index (χ0v) is 20.4. The molecular formula is C26H31N3O4S. The number of aromatic nitrogens is 1. The number of nitrogens with one attached hydrogen (secondary N) is 1. The van der Waals surface area contributed by atoms with Crippen molar-refractivity contribution < 1.29 is 17.9 Å². The monoisotopic (exact) mass is 481 g/mol. The predicted octanol–water partition coefficient (Wildman–Crippen LogP) is 4.65. The number of rotatable bonds is 8. The summed E-state index contributed by atoms with van der Waals surface area (Å²) in [5, 5.41) is 4.33. The molecule has 2 unspecified atom stereocenters. The molecule has 2 aromatic carbocycles. The van der Waals surface area contributed by atoms with Crippen molar-refractivity contribution in [3.05, 3.63) is 72.1 Å². The van der Waals surface area contributed by atoms with Crippen LogP contribution < -0.4 is 5.32 Å². The van der Waals surface area contributed by atoms with E-state index in [1.54, 1.807) is 28.8 Å². The highest BCUT2D eigenvalue weighted by Crippen LogP contribution is 2.35. The lowest BCUT2D eigenvalue weighted by Crippen LogP contribution is -2.38. The summed E-state index contributed by atoms with van der Waals surface area (Å²) in [5.74, 6) is 0.248. The van der Waals surface area contributed by atoms with Crippen molar-refractivity contribution in [1.82, 2.24) is 14.6 Å². The van der Waals surface area contributed by atoms with E-state index in [0.717, 1.165) is 28.3 Å². The highest BCUT2D eigenvalue weighted by molar-refractivity contribution is 7.89. The number of hydrogen-bond acceptors (Lipinski definition) is 5. The number of ether oxygens (including phenoxy) is 1. The minimum absolute atomic E-state index is 0.107. The first-order valence-corrected chi connectivity index (χ1v) is 13.1. The number of alkyl carbamates (subject to hydrolysis) is 1. The molecule has 1 N–H and O–H groups in total. The van der Waals surface area contributed by atoms with E-state index in [-0.39, 0.29) is 18.6 Å². The fourth-order valence-corrected chi connectivity index (χ4v) is 6.74. The Hall–Kier alpha value is -2.97. The molecule has 0 saturated carbocycles. The van der Waals surface area contributed by atoms with Gasteiger partial charge in [0.1, 0.15) is 6.61 Å². The first-order chi connectivity index (χ1) is 16.4. The largest absolute Gasteiger partial charge is 0.445 e. The molecule has 2 atom stereocenters. The fourth-order valence-electron chi connectivity index (χ4n) is 4.69.